The van der Waals surface area contributed by atoms with Crippen molar-refractivity contribution >= 4 is 34.2 Å². The molecule has 32 heavy (non-hydrogen) atoms. The Labute approximate surface area is 192 Å². The number of amides is 2. The summed E-state index contributed by atoms with van der Waals surface area (Å²) in [5.41, 5.74) is 2.55. The molecule has 1 aliphatic heterocycles. The van der Waals surface area contributed by atoms with Crippen LogP contribution in [0, 0.1) is 0 Å². The third-order valence-electron chi connectivity index (χ3n) is 5.72. The normalized spacial score (nSPS) is 16.0. The first kappa shape index (κ1) is 22.4. The average Bonchev–Trinajstić information content (AvgIpc) is 3.20. The number of hydrogen-bond acceptors (Lipinski definition) is 6. The first-order valence-electron chi connectivity index (χ1n) is 10.8. The van der Waals surface area contributed by atoms with E-state index in [4.69, 9.17) is 14.2 Å². The van der Waals surface area contributed by atoms with Crippen molar-refractivity contribution in [1.82, 2.24) is 4.90 Å². The van der Waals surface area contributed by atoms with E-state index in [1.165, 1.54) is 22.3 Å². The van der Waals surface area contributed by atoms with E-state index >= 15 is 0 Å². The topological polar surface area (TPSA) is 77.1 Å². The highest BCUT2D eigenvalue weighted by Crippen LogP contribution is 2.39. The van der Waals surface area contributed by atoms with Gasteiger partial charge in [0, 0.05) is 30.1 Å². The summed E-state index contributed by atoms with van der Waals surface area (Å²) in [4.78, 5) is 29.1. The molecule has 0 atom stereocenters. The molecule has 2 aliphatic rings. The zero-order chi connectivity index (χ0) is 22.5. The van der Waals surface area contributed by atoms with Gasteiger partial charge >= 0.3 is 0 Å². The van der Waals surface area contributed by atoms with Crippen LogP contribution in [0.1, 0.15) is 39.2 Å². The molecule has 7 nitrogen and oxygen atoms in total. The van der Waals surface area contributed by atoms with E-state index in [0.29, 0.717) is 48.4 Å². The number of benzene rings is 1. The Kier molecular flexibility index (Phi) is 7.12. The van der Waals surface area contributed by atoms with Gasteiger partial charge in [-0.1, -0.05) is 0 Å². The van der Waals surface area contributed by atoms with Crippen molar-refractivity contribution in [2.45, 2.75) is 25.7 Å². The molecule has 8 heteroatoms. The van der Waals surface area contributed by atoms with Crippen LogP contribution in [0.15, 0.2) is 24.3 Å². The van der Waals surface area contributed by atoms with E-state index in [0.717, 1.165) is 36.8 Å². The molecule has 0 unspecified atom stereocenters. The lowest BCUT2D eigenvalue weighted by atomic mass is 9.95. The van der Waals surface area contributed by atoms with E-state index in [-0.39, 0.29) is 11.8 Å². The van der Waals surface area contributed by atoms with Crippen molar-refractivity contribution in [2.75, 3.05) is 45.8 Å². The molecule has 170 valence electrons. The zero-order valence-corrected chi connectivity index (χ0v) is 19.3. The minimum absolute atomic E-state index is 0.00971. The Hall–Kier alpha value is -2.84. The van der Waals surface area contributed by atoms with Crippen LogP contribution in [0.3, 0.4) is 0 Å². The van der Waals surface area contributed by atoms with Crippen LogP contribution in [-0.4, -0.2) is 57.2 Å². The molecule has 2 aromatic rings. The van der Waals surface area contributed by atoms with Crippen LogP contribution in [0.2, 0.25) is 0 Å². The summed E-state index contributed by atoms with van der Waals surface area (Å²) in [6.07, 6.45) is 7.19. The van der Waals surface area contributed by atoms with E-state index in [1.807, 2.05) is 17.0 Å². The Morgan fingerprint density at radius 1 is 1.06 bits per heavy atom. The molecule has 1 aromatic carbocycles. The van der Waals surface area contributed by atoms with Crippen molar-refractivity contribution in [3.63, 3.8) is 0 Å². The number of morpholine rings is 1. The van der Waals surface area contributed by atoms with Crippen LogP contribution < -0.4 is 14.8 Å². The number of anilines is 1. The molecular formula is C24H28N2O5S. The summed E-state index contributed by atoms with van der Waals surface area (Å²) >= 11 is 1.53. The SMILES string of the molecule is COc1cc(/C=C/C(=O)Nc2sc3c(c2C(=O)N2CCOCC2)CCCC3)cc(OC)c1. The van der Waals surface area contributed by atoms with Gasteiger partial charge in [-0.05, 0) is 55.0 Å². The van der Waals surface area contributed by atoms with Gasteiger partial charge in [-0.3, -0.25) is 9.59 Å². The number of thiophene rings is 1. The first-order valence-corrected chi connectivity index (χ1v) is 11.6. The number of nitrogens with one attached hydrogen (secondary N) is 1. The number of aryl methyl sites for hydroxylation is 1. The van der Waals surface area contributed by atoms with Gasteiger partial charge in [0.25, 0.3) is 5.91 Å². The van der Waals surface area contributed by atoms with Crippen LogP contribution in [0.4, 0.5) is 5.00 Å². The first-order chi connectivity index (χ1) is 15.6. The maximum Gasteiger partial charge on any atom is 0.257 e. The number of methoxy groups -OCH3 is 2. The number of carbonyl (C=O) groups excluding carboxylic acids is 2. The standard InChI is InChI=1S/C24H28N2O5S/c1-29-17-13-16(14-18(15-17)30-2)7-8-21(27)25-23-22(19-5-3-4-6-20(19)32-23)24(28)26-9-11-31-12-10-26/h7-8,13-15H,3-6,9-12H2,1-2H3,(H,25,27)/b8-7+. The summed E-state index contributed by atoms with van der Waals surface area (Å²) in [6, 6.07) is 5.42. The van der Waals surface area contributed by atoms with Crippen molar-refractivity contribution < 1.29 is 23.8 Å². The van der Waals surface area contributed by atoms with Crippen LogP contribution in [0.25, 0.3) is 6.08 Å². The summed E-state index contributed by atoms with van der Waals surface area (Å²) in [6.45, 7) is 2.25. The van der Waals surface area contributed by atoms with Crippen molar-refractivity contribution in [2.24, 2.45) is 0 Å². The second kappa shape index (κ2) is 10.2. The quantitative estimate of drug-likeness (QED) is 0.670. The number of rotatable bonds is 6. The van der Waals surface area contributed by atoms with E-state index in [9.17, 15) is 9.59 Å². The number of fused-ring (bicyclic) bond motifs is 1. The molecule has 2 amide bonds. The highest BCUT2D eigenvalue weighted by Gasteiger charge is 2.29. The van der Waals surface area contributed by atoms with Crippen molar-refractivity contribution in [1.29, 1.82) is 0 Å². The predicted molar refractivity (Wildman–Crippen MR) is 125 cm³/mol. The lowest BCUT2D eigenvalue weighted by molar-refractivity contribution is -0.111. The Bertz CT molecular complexity index is 1000. The summed E-state index contributed by atoms with van der Waals surface area (Å²) in [5.74, 6) is 1.01. The van der Waals surface area contributed by atoms with Crippen molar-refractivity contribution in [3.05, 3.63) is 45.8 Å². The lowest BCUT2D eigenvalue weighted by Gasteiger charge is -2.27. The molecule has 1 aromatic heterocycles. The summed E-state index contributed by atoms with van der Waals surface area (Å²) in [5, 5.41) is 3.61. The maximum absolute atomic E-state index is 13.3. The second-order valence-electron chi connectivity index (χ2n) is 7.79. The minimum atomic E-state index is -0.276. The van der Waals surface area contributed by atoms with Gasteiger partial charge in [0.2, 0.25) is 5.91 Å². The fraction of sp³-hybridized carbons (Fsp3) is 0.417. The number of hydrogen-bond donors (Lipinski definition) is 1. The molecule has 1 aliphatic carbocycles. The van der Waals surface area contributed by atoms with E-state index in [2.05, 4.69) is 5.32 Å². The molecule has 1 N–H and O–H groups in total. The van der Waals surface area contributed by atoms with Gasteiger partial charge < -0.3 is 24.4 Å². The highest BCUT2D eigenvalue weighted by atomic mass is 32.1. The molecular weight excluding hydrogens is 428 g/mol. The summed E-state index contributed by atoms with van der Waals surface area (Å²) < 4.78 is 16.0. The van der Waals surface area contributed by atoms with Gasteiger partial charge in [-0.25, -0.2) is 0 Å². The Balaban J connectivity index is 1.56. The van der Waals surface area contributed by atoms with Gasteiger partial charge in [-0.2, -0.15) is 0 Å². The Morgan fingerprint density at radius 3 is 2.44 bits per heavy atom. The van der Waals surface area contributed by atoms with Gasteiger partial charge in [-0.15, -0.1) is 11.3 Å². The molecule has 1 fully saturated rings. The number of ether oxygens (including phenoxy) is 3. The maximum atomic E-state index is 13.3. The molecule has 0 bridgehead atoms. The highest BCUT2D eigenvalue weighted by molar-refractivity contribution is 7.17. The predicted octanol–water partition coefficient (Wildman–Crippen LogP) is 3.77. The van der Waals surface area contributed by atoms with Crippen LogP contribution in [-0.2, 0) is 22.4 Å². The summed E-state index contributed by atoms with van der Waals surface area (Å²) in [7, 11) is 3.17. The van der Waals surface area contributed by atoms with Gasteiger partial charge in [0.05, 0.1) is 33.0 Å². The van der Waals surface area contributed by atoms with Crippen LogP contribution >= 0.6 is 11.3 Å². The average molecular weight is 457 g/mol. The molecule has 0 spiro atoms. The number of nitrogens with zero attached hydrogens (tertiary/aromatic N) is 1. The van der Waals surface area contributed by atoms with E-state index in [1.54, 1.807) is 26.4 Å². The van der Waals surface area contributed by atoms with Crippen LogP contribution in [0.5, 0.6) is 11.5 Å². The number of carbonyl (C=O) groups is 2. The fourth-order valence-corrected chi connectivity index (χ4v) is 5.34. The van der Waals surface area contributed by atoms with Gasteiger partial charge in [0.15, 0.2) is 0 Å². The third-order valence-corrected chi connectivity index (χ3v) is 6.93. The molecule has 4 rings (SSSR count). The zero-order valence-electron chi connectivity index (χ0n) is 18.4. The van der Waals surface area contributed by atoms with Crippen molar-refractivity contribution in [3.8, 4) is 11.5 Å². The fourth-order valence-electron chi connectivity index (χ4n) is 4.06. The smallest absolute Gasteiger partial charge is 0.257 e. The monoisotopic (exact) mass is 456 g/mol. The third kappa shape index (κ3) is 4.97. The molecule has 2 heterocycles. The lowest BCUT2D eigenvalue weighted by Crippen LogP contribution is -2.41. The molecule has 1 saturated heterocycles. The minimum Gasteiger partial charge on any atom is -0.497 e. The second-order valence-corrected chi connectivity index (χ2v) is 8.89. The largest absolute Gasteiger partial charge is 0.497 e. The Morgan fingerprint density at radius 2 is 1.75 bits per heavy atom. The molecule has 0 saturated carbocycles. The van der Waals surface area contributed by atoms with E-state index < -0.39 is 0 Å². The van der Waals surface area contributed by atoms with Gasteiger partial charge in [0.1, 0.15) is 16.5 Å². The molecule has 0 radical (unpaired) electrons.